The van der Waals surface area contributed by atoms with E-state index in [9.17, 15) is 29.1 Å². The quantitative estimate of drug-likeness (QED) is 0.199. The third kappa shape index (κ3) is 7.80. The Balaban J connectivity index is 2.16. The maximum Gasteiger partial charge on any atom is 0.326 e. The summed E-state index contributed by atoms with van der Waals surface area (Å²) < 4.78 is 0. The van der Waals surface area contributed by atoms with Gasteiger partial charge in [0.25, 0.3) is 0 Å². The lowest BCUT2D eigenvalue weighted by atomic mass is 10.0. The van der Waals surface area contributed by atoms with Crippen molar-refractivity contribution in [2.24, 2.45) is 11.7 Å². The van der Waals surface area contributed by atoms with Crippen LogP contribution in [-0.4, -0.2) is 69.0 Å². The second kappa shape index (κ2) is 12.7. The van der Waals surface area contributed by atoms with Crippen molar-refractivity contribution in [3.05, 3.63) is 36.0 Å². The number of carboxylic acids is 2. The van der Waals surface area contributed by atoms with Crippen molar-refractivity contribution in [3.8, 4) is 0 Å². The fourth-order valence-electron chi connectivity index (χ4n) is 3.50. The number of fused-ring (bicyclic) bond motifs is 1. The summed E-state index contributed by atoms with van der Waals surface area (Å²) in [6.07, 6.45) is 1.07. The minimum atomic E-state index is -1.43. The first kappa shape index (κ1) is 28.3. The van der Waals surface area contributed by atoms with Gasteiger partial charge in [-0.15, -0.1) is 0 Å². The van der Waals surface area contributed by atoms with Gasteiger partial charge in [0.2, 0.25) is 17.7 Å². The lowest BCUT2D eigenvalue weighted by molar-refractivity contribution is -0.143. The number of aromatic nitrogens is 1. The average Bonchev–Trinajstić information content (AvgIpc) is 3.22. The van der Waals surface area contributed by atoms with E-state index in [2.05, 4.69) is 20.9 Å². The van der Waals surface area contributed by atoms with E-state index in [1.54, 1.807) is 20.0 Å². The highest BCUT2D eigenvalue weighted by Gasteiger charge is 2.29. The Labute approximate surface area is 208 Å². The van der Waals surface area contributed by atoms with Gasteiger partial charge >= 0.3 is 11.9 Å². The minimum Gasteiger partial charge on any atom is -0.481 e. The van der Waals surface area contributed by atoms with E-state index in [0.717, 1.165) is 16.5 Å². The zero-order valence-corrected chi connectivity index (χ0v) is 20.4. The van der Waals surface area contributed by atoms with E-state index >= 15 is 0 Å². The summed E-state index contributed by atoms with van der Waals surface area (Å²) in [6.45, 7) is 4.90. The highest BCUT2D eigenvalue weighted by Crippen LogP contribution is 2.19. The third-order valence-electron chi connectivity index (χ3n) is 5.77. The molecule has 4 atom stereocenters. The smallest absolute Gasteiger partial charge is 0.326 e. The first-order valence-electron chi connectivity index (χ1n) is 11.6. The molecule has 0 aliphatic carbocycles. The number of rotatable bonds is 13. The van der Waals surface area contributed by atoms with E-state index < -0.39 is 60.2 Å². The van der Waals surface area contributed by atoms with Gasteiger partial charge in [0.05, 0.1) is 6.04 Å². The molecule has 1 heterocycles. The molecule has 0 fully saturated rings. The molecule has 2 rings (SSSR count). The fourth-order valence-corrected chi connectivity index (χ4v) is 3.50. The summed E-state index contributed by atoms with van der Waals surface area (Å²) in [5, 5.41) is 26.3. The molecule has 0 saturated heterocycles. The molecule has 0 spiro atoms. The molecule has 1 aromatic heterocycles. The van der Waals surface area contributed by atoms with Gasteiger partial charge in [0.1, 0.15) is 18.1 Å². The van der Waals surface area contributed by atoms with Crippen molar-refractivity contribution in [1.29, 1.82) is 0 Å². The normalized spacial score (nSPS) is 14.5. The van der Waals surface area contributed by atoms with Crippen LogP contribution in [0.4, 0.5) is 0 Å². The Morgan fingerprint density at radius 3 is 2.17 bits per heavy atom. The van der Waals surface area contributed by atoms with Gasteiger partial charge in [-0.1, -0.05) is 32.0 Å². The van der Waals surface area contributed by atoms with Crippen LogP contribution in [0.5, 0.6) is 0 Å². The largest absolute Gasteiger partial charge is 0.481 e. The number of aromatic amines is 1. The fraction of sp³-hybridized carbons (Fsp3) is 0.458. The molecule has 1 aromatic carbocycles. The molecule has 3 amide bonds. The Morgan fingerprint density at radius 1 is 0.917 bits per heavy atom. The summed E-state index contributed by atoms with van der Waals surface area (Å²) in [4.78, 5) is 63.5. The van der Waals surface area contributed by atoms with Gasteiger partial charge in [0.15, 0.2) is 0 Å². The maximum atomic E-state index is 13.1. The van der Waals surface area contributed by atoms with Gasteiger partial charge in [0, 0.05) is 29.9 Å². The Hall–Kier alpha value is -3.93. The highest BCUT2D eigenvalue weighted by molar-refractivity contribution is 5.94. The zero-order valence-electron chi connectivity index (χ0n) is 20.4. The predicted octanol–water partition coefficient (Wildman–Crippen LogP) is 0.117. The number of carboxylic acid groups (broad SMARTS) is 2. The monoisotopic (exact) mass is 503 g/mol. The Kier molecular flexibility index (Phi) is 9.97. The number of amides is 3. The predicted molar refractivity (Wildman–Crippen MR) is 131 cm³/mol. The van der Waals surface area contributed by atoms with E-state index in [1.165, 1.54) is 6.92 Å². The lowest BCUT2D eigenvalue weighted by Gasteiger charge is -2.24. The molecular weight excluding hydrogens is 470 g/mol. The molecule has 12 heteroatoms. The minimum absolute atomic E-state index is 0.108. The zero-order chi connectivity index (χ0) is 27.0. The molecule has 0 radical (unpaired) electrons. The average molecular weight is 504 g/mol. The number of nitrogens with one attached hydrogen (secondary N) is 4. The van der Waals surface area contributed by atoms with Crippen LogP contribution < -0.4 is 21.7 Å². The molecule has 2 aromatic rings. The van der Waals surface area contributed by atoms with Gasteiger partial charge in [-0.2, -0.15) is 0 Å². The van der Waals surface area contributed by atoms with Crippen LogP contribution in [0.25, 0.3) is 10.9 Å². The number of nitrogens with two attached hydrogens (primary N) is 1. The lowest BCUT2D eigenvalue weighted by Crippen LogP contribution is -2.57. The van der Waals surface area contributed by atoms with Crippen LogP contribution in [0.2, 0.25) is 0 Å². The highest BCUT2D eigenvalue weighted by atomic mass is 16.4. The number of hydrogen-bond donors (Lipinski definition) is 7. The molecule has 0 aliphatic heterocycles. The van der Waals surface area contributed by atoms with Crippen molar-refractivity contribution in [1.82, 2.24) is 20.9 Å². The first-order chi connectivity index (χ1) is 16.9. The van der Waals surface area contributed by atoms with Crippen LogP contribution in [0, 0.1) is 5.92 Å². The van der Waals surface area contributed by atoms with E-state index in [0.29, 0.717) is 0 Å². The molecule has 12 nitrogen and oxygen atoms in total. The number of hydrogen-bond acceptors (Lipinski definition) is 6. The molecule has 0 saturated carbocycles. The molecule has 196 valence electrons. The number of H-pyrrole nitrogens is 1. The molecule has 0 aliphatic rings. The van der Waals surface area contributed by atoms with E-state index in [4.69, 9.17) is 10.8 Å². The van der Waals surface area contributed by atoms with Crippen LogP contribution in [0.15, 0.2) is 30.5 Å². The summed E-state index contributed by atoms with van der Waals surface area (Å²) in [5.41, 5.74) is 7.56. The number of para-hydroxylation sites is 1. The summed E-state index contributed by atoms with van der Waals surface area (Å²) in [7, 11) is 0. The van der Waals surface area contributed by atoms with E-state index in [1.807, 2.05) is 24.3 Å². The van der Waals surface area contributed by atoms with Crippen LogP contribution in [-0.2, 0) is 30.4 Å². The Bertz CT molecular complexity index is 1110. The van der Waals surface area contributed by atoms with Gasteiger partial charge in [-0.25, -0.2) is 4.79 Å². The standard InChI is InChI=1S/C24H33N5O7/c1-12(2)20(25)23(34)29-18(10-14-11-26-16-7-5-4-6-15(14)16)22(33)27-13(3)21(32)28-17(24(35)36)8-9-19(30)31/h4-7,11-13,17-18,20,26H,8-10,25H2,1-3H3,(H,27,33)(H,28,32)(H,29,34)(H,30,31)(H,35,36). The van der Waals surface area contributed by atoms with Gasteiger partial charge in [-0.3, -0.25) is 19.2 Å². The maximum absolute atomic E-state index is 13.1. The number of carbonyl (C=O) groups is 5. The summed E-state index contributed by atoms with van der Waals surface area (Å²) >= 11 is 0. The first-order valence-corrected chi connectivity index (χ1v) is 11.6. The molecular formula is C24H33N5O7. The van der Waals surface area contributed by atoms with E-state index in [-0.39, 0.29) is 18.8 Å². The second-order valence-electron chi connectivity index (χ2n) is 8.96. The van der Waals surface area contributed by atoms with Crippen molar-refractivity contribution >= 4 is 40.6 Å². The summed E-state index contributed by atoms with van der Waals surface area (Å²) in [6, 6.07) is 2.93. The van der Waals surface area contributed by atoms with Gasteiger partial charge < -0.3 is 36.9 Å². The number of carbonyl (C=O) groups excluding carboxylic acids is 3. The Morgan fingerprint density at radius 2 is 1.56 bits per heavy atom. The van der Waals surface area contributed by atoms with Crippen molar-refractivity contribution in [2.45, 2.75) is 64.2 Å². The second-order valence-corrected chi connectivity index (χ2v) is 8.96. The topological polar surface area (TPSA) is 204 Å². The SMILES string of the molecule is CC(NC(=O)C(Cc1c[nH]c2ccccc12)NC(=O)C(N)C(C)C)C(=O)NC(CCC(=O)O)C(=O)O. The summed E-state index contributed by atoms with van der Waals surface area (Å²) in [5.74, 6) is -4.77. The number of benzene rings is 1. The van der Waals surface area contributed by atoms with Crippen molar-refractivity contribution in [3.63, 3.8) is 0 Å². The van der Waals surface area contributed by atoms with Crippen LogP contribution in [0.3, 0.4) is 0 Å². The third-order valence-corrected chi connectivity index (χ3v) is 5.77. The molecule has 36 heavy (non-hydrogen) atoms. The van der Waals surface area contributed by atoms with Crippen LogP contribution >= 0.6 is 0 Å². The van der Waals surface area contributed by atoms with Crippen LogP contribution in [0.1, 0.15) is 39.2 Å². The van der Waals surface area contributed by atoms with Gasteiger partial charge in [-0.05, 0) is 30.9 Å². The molecule has 8 N–H and O–H groups in total. The number of aliphatic carboxylic acids is 2. The molecule has 0 bridgehead atoms. The van der Waals surface area contributed by atoms with Crippen molar-refractivity contribution < 1.29 is 34.2 Å². The molecule has 4 unspecified atom stereocenters. The van der Waals surface area contributed by atoms with Crippen molar-refractivity contribution in [2.75, 3.05) is 0 Å².